The summed E-state index contributed by atoms with van der Waals surface area (Å²) in [6, 6.07) is 45.3. The van der Waals surface area contributed by atoms with Crippen LogP contribution in [-0.2, 0) is 13.0 Å². The number of amides is 2. The first-order chi connectivity index (χ1) is 29.5. The number of methoxy groups -OCH3 is 1. The van der Waals surface area contributed by atoms with Crippen molar-refractivity contribution < 1.29 is 24.5 Å². The maximum atomic E-state index is 14.8. The SMILES string of the molecule is COc1ccc(NC(=O)N(Cc2cccc3ccccc23)C[C@]2(O)CC[C@H]3c4ccc(cc4C(=O)c4ccc(-c5ccccc5)cc4)C[C@@H](O)CCC(C)=CCC[C@@]32C)cc1. The molecule has 6 aromatic rings. The number of aliphatic hydroxyl groups excluding tert-OH is 1. The molecular formula is C54H56N2O5. The van der Waals surface area contributed by atoms with Crippen molar-refractivity contribution in [2.75, 3.05) is 19.0 Å². The second-order valence-corrected chi connectivity index (χ2v) is 17.4. The lowest BCUT2D eigenvalue weighted by atomic mass is 9.64. The van der Waals surface area contributed by atoms with Gasteiger partial charge in [0.2, 0.25) is 0 Å². The van der Waals surface area contributed by atoms with Gasteiger partial charge in [-0.2, -0.15) is 0 Å². The summed E-state index contributed by atoms with van der Waals surface area (Å²) in [5.41, 5.74) is 5.87. The number of nitrogens with zero attached hydrogens (tertiary/aromatic N) is 1. The molecule has 0 heterocycles. The number of benzene rings is 6. The number of fused-ring (bicyclic) bond motifs is 9. The molecule has 1 saturated carbocycles. The molecule has 3 N–H and O–H groups in total. The lowest BCUT2D eigenvalue weighted by Gasteiger charge is -2.46. The van der Waals surface area contributed by atoms with Crippen LogP contribution < -0.4 is 10.1 Å². The number of allylic oxidation sites excluding steroid dienone is 2. The summed E-state index contributed by atoms with van der Waals surface area (Å²) in [5, 5.41) is 29.7. The van der Waals surface area contributed by atoms with Crippen LogP contribution in [0.3, 0.4) is 0 Å². The Labute approximate surface area is 359 Å². The fourth-order valence-electron chi connectivity index (χ4n) is 9.82. The average molecular weight is 813 g/mol. The van der Waals surface area contributed by atoms with Gasteiger partial charge in [0, 0.05) is 28.8 Å². The summed E-state index contributed by atoms with van der Waals surface area (Å²) in [5.74, 6) is 0.414. The Morgan fingerprint density at radius 3 is 2.31 bits per heavy atom. The zero-order valence-electron chi connectivity index (χ0n) is 35.4. The van der Waals surface area contributed by atoms with Crippen LogP contribution in [0.5, 0.6) is 5.75 Å². The number of urea groups is 1. The number of aliphatic hydroxyl groups is 2. The van der Waals surface area contributed by atoms with Crippen molar-refractivity contribution in [2.45, 2.75) is 83.0 Å². The maximum Gasteiger partial charge on any atom is 0.322 e. The molecule has 312 valence electrons. The van der Waals surface area contributed by atoms with Gasteiger partial charge in [-0.1, -0.05) is 128 Å². The first kappa shape index (κ1) is 41.7. The van der Waals surface area contributed by atoms with E-state index in [4.69, 9.17) is 4.74 Å². The maximum absolute atomic E-state index is 14.8. The lowest BCUT2D eigenvalue weighted by Crippen LogP contribution is -2.54. The molecule has 1 fully saturated rings. The first-order valence-corrected chi connectivity index (χ1v) is 21.6. The third kappa shape index (κ3) is 8.90. The summed E-state index contributed by atoms with van der Waals surface area (Å²) >= 11 is 0. The van der Waals surface area contributed by atoms with E-state index in [0.717, 1.165) is 45.0 Å². The van der Waals surface area contributed by atoms with Crippen LogP contribution in [0, 0.1) is 5.41 Å². The van der Waals surface area contributed by atoms with E-state index in [0.29, 0.717) is 61.1 Å². The molecule has 4 atom stereocenters. The number of carbonyl (C=O) groups excluding carboxylic acids is 2. The van der Waals surface area contributed by atoms with Crippen molar-refractivity contribution in [1.29, 1.82) is 0 Å². The summed E-state index contributed by atoms with van der Waals surface area (Å²) in [4.78, 5) is 31.1. The number of rotatable bonds is 9. The normalized spacial score (nSPS) is 21.6. The summed E-state index contributed by atoms with van der Waals surface area (Å²) in [7, 11) is 1.61. The van der Waals surface area contributed by atoms with Gasteiger partial charge >= 0.3 is 6.03 Å². The van der Waals surface area contributed by atoms with Gasteiger partial charge in [0.25, 0.3) is 0 Å². The quantitative estimate of drug-likeness (QED) is 0.0997. The molecule has 2 amide bonds. The lowest BCUT2D eigenvalue weighted by molar-refractivity contribution is -0.0773. The largest absolute Gasteiger partial charge is 0.497 e. The predicted molar refractivity (Wildman–Crippen MR) is 245 cm³/mol. The van der Waals surface area contributed by atoms with Gasteiger partial charge in [-0.3, -0.25) is 4.79 Å². The molecule has 7 heteroatoms. The van der Waals surface area contributed by atoms with Gasteiger partial charge < -0.3 is 25.2 Å². The third-order valence-electron chi connectivity index (χ3n) is 13.5. The molecule has 0 radical (unpaired) electrons. The average Bonchev–Trinajstić information content (AvgIpc) is 3.54. The molecule has 2 bridgehead atoms. The van der Waals surface area contributed by atoms with E-state index in [-0.39, 0.29) is 30.8 Å². The van der Waals surface area contributed by atoms with Crippen molar-refractivity contribution in [3.05, 3.63) is 179 Å². The van der Waals surface area contributed by atoms with Crippen LogP contribution in [0.25, 0.3) is 21.9 Å². The molecule has 0 saturated heterocycles. The van der Waals surface area contributed by atoms with Crippen LogP contribution in [0.2, 0.25) is 0 Å². The predicted octanol–water partition coefficient (Wildman–Crippen LogP) is 11.5. The van der Waals surface area contributed by atoms with E-state index in [1.54, 1.807) is 12.0 Å². The highest BCUT2D eigenvalue weighted by atomic mass is 16.5. The van der Waals surface area contributed by atoms with E-state index in [9.17, 15) is 19.8 Å². The number of ketones is 1. The Hall–Kier alpha value is -6.02. The van der Waals surface area contributed by atoms with Gasteiger partial charge in [0.05, 0.1) is 25.4 Å². The topological polar surface area (TPSA) is 99.1 Å². The number of hydrogen-bond acceptors (Lipinski definition) is 5. The molecule has 7 nitrogen and oxygen atoms in total. The third-order valence-corrected chi connectivity index (χ3v) is 13.5. The fraction of sp³-hybridized carbons (Fsp3) is 0.296. The Morgan fingerprint density at radius 1 is 0.820 bits per heavy atom. The monoisotopic (exact) mass is 812 g/mol. The highest BCUT2D eigenvalue weighted by Gasteiger charge is 2.57. The van der Waals surface area contributed by atoms with Gasteiger partial charge in [-0.25, -0.2) is 4.79 Å². The van der Waals surface area contributed by atoms with Crippen molar-refractivity contribution in [3.8, 4) is 16.9 Å². The standard InChI is InChI=1S/C54H56N2O5/c1-37-11-10-31-53(2)50(48-29-19-38(33-45(57)26-18-37)34-49(48)51(58)42-22-20-40(21-23-42)39-12-5-4-6-13-39)30-32-54(53,60)36-56(52(59)55-44-24-27-46(61-3)28-25-44)35-43-16-9-15-41-14-7-8-17-47(41)43/h4-9,11-17,19-25,27-29,34,45,50,57,60H,10,18,26,30-33,35-36H2,1-3H3,(H,55,59)/t45-,50-,53-,54+/m0/s1. The number of ether oxygens (including phenoxy) is 1. The Morgan fingerprint density at radius 2 is 1.54 bits per heavy atom. The van der Waals surface area contributed by atoms with Gasteiger partial charge in [-0.15, -0.1) is 0 Å². The fourth-order valence-corrected chi connectivity index (χ4v) is 9.82. The van der Waals surface area contributed by atoms with Crippen LogP contribution in [0.4, 0.5) is 10.5 Å². The molecule has 9 rings (SSSR count). The van der Waals surface area contributed by atoms with Gasteiger partial charge in [0.1, 0.15) is 5.75 Å². The van der Waals surface area contributed by atoms with Crippen molar-refractivity contribution in [3.63, 3.8) is 0 Å². The summed E-state index contributed by atoms with van der Waals surface area (Å²) in [6.45, 7) is 4.65. The minimum Gasteiger partial charge on any atom is -0.497 e. The highest BCUT2D eigenvalue weighted by Crippen LogP contribution is 2.59. The summed E-state index contributed by atoms with van der Waals surface area (Å²) in [6.07, 6.45) is 5.94. The van der Waals surface area contributed by atoms with Crippen LogP contribution in [0.1, 0.15) is 90.9 Å². The van der Waals surface area contributed by atoms with Gasteiger partial charge in [-0.05, 0) is 127 Å². The van der Waals surface area contributed by atoms with Crippen molar-refractivity contribution in [2.24, 2.45) is 5.41 Å². The van der Waals surface area contributed by atoms with Gasteiger partial charge in [0.15, 0.2) is 5.78 Å². The smallest absolute Gasteiger partial charge is 0.322 e. The molecular weight excluding hydrogens is 757 g/mol. The van der Waals surface area contributed by atoms with Crippen molar-refractivity contribution >= 4 is 28.3 Å². The zero-order valence-corrected chi connectivity index (χ0v) is 35.4. The molecule has 0 spiro atoms. The number of nitrogens with one attached hydrogen (secondary N) is 1. The Bertz CT molecular complexity index is 2530. The van der Waals surface area contributed by atoms with Crippen LogP contribution in [0.15, 0.2) is 151 Å². The molecule has 3 aliphatic carbocycles. The minimum absolute atomic E-state index is 0.0805. The zero-order chi connectivity index (χ0) is 42.6. The highest BCUT2D eigenvalue weighted by molar-refractivity contribution is 6.10. The second kappa shape index (κ2) is 17.9. The number of hydrogen-bond donors (Lipinski definition) is 3. The van der Waals surface area contributed by atoms with Crippen LogP contribution >= 0.6 is 0 Å². The molecule has 61 heavy (non-hydrogen) atoms. The summed E-state index contributed by atoms with van der Waals surface area (Å²) < 4.78 is 5.36. The molecule has 0 aliphatic heterocycles. The number of carbonyl (C=O) groups is 2. The van der Waals surface area contributed by atoms with Crippen LogP contribution in [-0.4, -0.2) is 52.3 Å². The van der Waals surface area contributed by atoms with E-state index in [1.807, 2.05) is 91.0 Å². The molecule has 6 aromatic carbocycles. The van der Waals surface area contributed by atoms with Crippen molar-refractivity contribution in [1.82, 2.24) is 4.90 Å². The molecule has 0 unspecified atom stereocenters. The van der Waals surface area contributed by atoms with E-state index in [1.165, 1.54) is 5.57 Å². The second-order valence-electron chi connectivity index (χ2n) is 17.4. The number of anilines is 1. The Kier molecular flexibility index (Phi) is 12.2. The minimum atomic E-state index is -1.31. The first-order valence-electron chi connectivity index (χ1n) is 21.6. The molecule has 0 aromatic heterocycles. The van der Waals surface area contributed by atoms with E-state index >= 15 is 0 Å². The Balaban J connectivity index is 1.19. The molecule has 3 aliphatic rings. The van der Waals surface area contributed by atoms with E-state index < -0.39 is 17.1 Å². The van der Waals surface area contributed by atoms with E-state index in [2.05, 4.69) is 73.8 Å².